The van der Waals surface area contributed by atoms with E-state index in [1.165, 1.54) is 19.3 Å². The number of carboxylic acid groups (broad SMARTS) is 1. The van der Waals surface area contributed by atoms with E-state index in [1.807, 2.05) is 6.07 Å². The van der Waals surface area contributed by atoms with Gasteiger partial charge < -0.3 is 9.84 Å². The van der Waals surface area contributed by atoms with E-state index in [9.17, 15) is 26.4 Å². The highest BCUT2D eigenvalue weighted by atomic mass is 32.2. The summed E-state index contributed by atoms with van der Waals surface area (Å²) >= 11 is 0. The summed E-state index contributed by atoms with van der Waals surface area (Å²) in [5, 5.41) is 9.05. The Balaban J connectivity index is 1.71. The number of carboxylic acids is 1. The summed E-state index contributed by atoms with van der Waals surface area (Å²) in [6.07, 6.45) is 0.954. The molecule has 1 unspecified atom stereocenters. The Hall–Kier alpha value is -2.75. The molecule has 10 heteroatoms. The van der Waals surface area contributed by atoms with Gasteiger partial charge in [-0.1, -0.05) is 44.2 Å². The summed E-state index contributed by atoms with van der Waals surface area (Å²) in [4.78, 5) is 10.6. The molecule has 0 bridgehead atoms. The van der Waals surface area contributed by atoms with Gasteiger partial charge in [-0.15, -0.1) is 0 Å². The smallest absolute Gasteiger partial charge is 0.416 e. The normalized spacial score (nSPS) is 19.2. The van der Waals surface area contributed by atoms with Gasteiger partial charge in [0.15, 0.2) is 0 Å². The van der Waals surface area contributed by atoms with Gasteiger partial charge in [-0.2, -0.15) is 13.2 Å². The van der Waals surface area contributed by atoms with Crippen LogP contribution in [0, 0.1) is 5.92 Å². The largest absolute Gasteiger partial charge is 0.486 e. The first-order chi connectivity index (χ1) is 16.5. The molecular formula is C25H28F3NO5S. The minimum atomic E-state index is -4.69. The third-order valence-electron chi connectivity index (χ3n) is 6.63. The monoisotopic (exact) mass is 511 g/mol. The van der Waals surface area contributed by atoms with Gasteiger partial charge >= 0.3 is 12.1 Å². The van der Waals surface area contributed by atoms with E-state index in [2.05, 4.69) is 0 Å². The lowest BCUT2D eigenvalue weighted by Gasteiger charge is -2.36. The highest BCUT2D eigenvalue weighted by Gasteiger charge is 2.37. The van der Waals surface area contributed by atoms with Gasteiger partial charge in [0, 0.05) is 6.42 Å². The maximum Gasteiger partial charge on any atom is 0.416 e. The first-order valence-electron chi connectivity index (χ1n) is 11.8. The third kappa shape index (κ3) is 5.91. The molecule has 1 heterocycles. The number of fused-ring (bicyclic) bond motifs is 1. The topological polar surface area (TPSA) is 83.9 Å². The van der Waals surface area contributed by atoms with Crippen molar-refractivity contribution in [3.63, 3.8) is 0 Å². The molecule has 1 aliphatic carbocycles. The Labute approximate surface area is 202 Å². The lowest BCUT2D eigenvalue weighted by atomic mass is 9.85. The molecule has 4 rings (SSSR count). The SMILES string of the molecule is O=C(O)CCC1CN(S(=O)(=O)c2cccc(C(F)(F)F)c2)c2cc(CC3CCCCC3)ccc2O1. The molecular weight excluding hydrogens is 483 g/mol. The second kappa shape index (κ2) is 10.1. The van der Waals surface area contributed by atoms with Crippen molar-refractivity contribution in [1.29, 1.82) is 0 Å². The number of aliphatic carboxylic acids is 1. The fourth-order valence-electron chi connectivity index (χ4n) is 4.83. The van der Waals surface area contributed by atoms with Gasteiger partial charge in [0.25, 0.3) is 10.0 Å². The van der Waals surface area contributed by atoms with Crippen LogP contribution >= 0.6 is 0 Å². The third-order valence-corrected chi connectivity index (χ3v) is 8.41. The Morgan fingerprint density at radius 2 is 1.83 bits per heavy atom. The highest BCUT2D eigenvalue weighted by molar-refractivity contribution is 7.92. The van der Waals surface area contributed by atoms with Gasteiger partial charge in [0.05, 0.1) is 22.7 Å². The van der Waals surface area contributed by atoms with E-state index in [1.54, 1.807) is 12.1 Å². The van der Waals surface area contributed by atoms with E-state index in [4.69, 9.17) is 9.84 Å². The van der Waals surface area contributed by atoms with Crippen molar-refractivity contribution >= 4 is 21.7 Å². The lowest BCUT2D eigenvalue weighted by molar-refractivity contribution is -0.138. The van der Waals surface area contributed by atoms with Crippen LogP contribution in [0.1, 0.15) is 56.1 Å². The number of ether oxygens (including phenoxy) is 1. The van der Waals surface area contributed by atoms with Gasteiger partial charge in [-0.3, -0.25) is 9.10 Å². The van der Waals surface area contributed by atoms with Crippen LogP contribution in [0.2, 0.25) is 0 Å². The number of nitrogens with zero attached hydrogens (tertiary/aromatic N) is 1. The Bertz CT molecular complexity index is 1180. The van der Waals surface area contributed by atoms with E-state index < -0.39 is 38.7 Å². The molecule has 2 aromatic rings. The average molecular weight is 512 g/mol. The van der Waals surface area contributed by atoms with Crippen LogP contribution in [0.15, 0.2) is 47.4 Å². The molecule has 0 aromatic heterocycles. The first kappa shape index (κ1) is 25.3. The zero-order chi connectivity index (χ0) is 25.2. The molecule has 0 amide bonds. The van der Waals surface area contributed by atoms with Crippen molar-refractivity contribution in [2.45, 2.75) is 68.5 Å². The predicted octanol–water partition coefficient (Wildman–Crippen LogP) is 5.65. The molecule has 0 radical (unpaired) electrons. The number of rotatable bonds is 7. The van der Waals surface area contributed by atoms with Crippen molar-refractivity contribution in [1.82, 2.24) is 0 Å². The molecule has 190 valence electrons. The number of sulfonamides is 1. The molecule has 1 N–H and O–H groups in total. The number of benzene rings is 2. The van der Waals surface area contributed by atoms with Gasteiger partial charge in [-0.25, -0.2) is 8.42 Å². The maximum atomic E-state index is 13.6. The molecule has 1 aliphatic heterocycles. The number of alkyl halides is 3. The van der Waals surface area contributed by atoms with Crippen LogP contribution < -0.4 is 9.04 Å². The Kier molecular flexibility index (Phi) is 7.30. The highest BCUT2D eigenvalue weighted by Crippen LogP contribution is 2.40. The zero-order valence-electron chi connectivity index (χ0n) is 19.1. The van der Waals surface area contributed by atoms with Crippen LogP contribution in [-0.2, 0) is 27.4 Å². The first-order valence-corrected chi connectivity index (χ1v) is 13.2. The van der Waals surface area contributed by atoms with E-state index in [0.29, 0.717) is 12.0 Å². The molecule has 1 fully saturated rings. The molecule has 2 aliphatic rings. The van der Waals surface area contributed by atoms with E-state index in [-0.39, 0.29) is 30.8 Å². The van der Waals surface area contributed by atoms with E-state index in [0.717, 1.165) is 47.3 Å². The van der Waals surface area contributed by atoms with Crippen molar-refractivity contribution in [2.24, 2.45) is 5.92 Å². The standard InChI is InChI=1S/C25H28F3NO5S/c26-25(27,28)19-7-4-8-21(15-19)35(32,33)29-16-20(10-12-24(30)31)34-23-11-9-18(14-22(23)29)13-17-5-2-1-3-6-17/h4,7-9,11,14-15,17,20H,1-3,5-6,10,12-13,16H2,(H,30,31). The van der Waals surface area contributed by atoms with Crippen LogP contribution in [0.3, 0.4) is 0 Å². The van der Waals surface area contributed by atoms with Crippen molar-refractivity contribution in [3.05, 3.63) is 53.6 Å². The van der Waals surface area contributed by atoms with Crippen LogP contribution in [0.25, 0.3) is 0 Å². The molecule has 1 atom stereocenters. The van der Waals surface area contributed by atoms with Crippen molar-refractivity contribution in [2.75, 3.05) is 10.8 Å². The van der Waals surface area contributed by atoms with Crippen LogP contribution in [-0.4, -0.2) is 32.1 Å². The predicted molar refractivity (Wildman–Crippen MR) is 124 cm³/mol. The van der Waals surface area contributed by atoms with Crippen molar-refractivity contribution < 1.29 is 36.2 Å². The van der Waals surface area contributed by atoms with Gasteiger partial charge in [-0.05, 0) is 54.7 Å². The maximum absolute atomic E-state index is 13.6. The van der Waals surface area contributed by atoms with Gasteiger partial charge in [0.2, 0.25) is 0 Å². The van der Waals surface area contributed by atoms with Crippen LogP contribution in [0.4, 0.5) is 18.9 Å². The zero-order valence-corrected chi connectivity index (χ0v) is 19.9. The summed E-state index contributed by atoms with van der Waals surface area (Å²) in [6, 6.07) is 8.95. The second-order valence-corrected chi connectivity index (χ2v) is 11.1. The second-order valence-electron chi connectivity index (χ2n) is 9.24. The minimum Gasteiger partial charge on any atom is -0.486 e. The summed E-state index contributed by atoms with van der Waals surface area (Å²) in [5.74, 6) is -0.271. The lowest BCUT2D eigenvalue weighted by Crippen LogP contribution is -2.43. The Morgan fingerprint density at radius 3 is 2.51 bits per heavy atom. The fourth-order valence-corrected chi connectivity index (χ4v) is 6.38. The minimum absolute atomic E-state index is 0.0627. The quantitative estimate of drug-likeness (QED) is 0.520. The molecule has 2 aromatic carbocycles. The molecule has 0 saturated heterocycles. The van der Waals surface area contributed by atoms with Crippen molar-refractivity contribution in [3.8, 4) is 5.75 Å². The average Bonchev–Trinajstić information content (AvgIpc) is 2.82. The van der Waals surface area contributed by atoms with Crippen LogP contribution in [0.5, 0.6) is 5.75 Å². The number of hydrogen-bond acceptors (Lipinski definition) is 4. The molecule has 0 spiro atoms. The summed E-state index contributed by atoms with van der Waals surface area (Å²) in [6.45, 7) is -0.189. The number of hydrogen-bond donors (Lipinski definition) is 1. The number of carbonyl (C=O) groups is 1. The fraction of sp³-hybridized carbons (Fsp3) is 0.480. The summed E-state index contributed by atoms with van der Waals surface area (Å²) in [7, 11) is -4.37. The Morgan fingerprint density at radius 1 is 1.09 bits per heavy atom. The molecule has 1 saturated carbocycles. The molecule has 6 nitrogen and oxygen atoms in total. The summed E-state index contributed by atoms with van der Waals surface area (Å²) in [5.41, 5.74) is 0.148. The summed E-state index contributed by atoms with van der Waals surface area (Å²) < 4.78 is 74.0. The molecule has 35 heavy (non-hydrogen) atoms. The number of anilines is 1. The number of halogens is 3. The van der Waals surface area contributed by atoms with E-state index >= 15 is 0 Å². The van der Waals surface area contributed by atoms with Gasteiger partial charge in [0.1, 0.15) is 11.9 Å².